The van der Waals surface area contributed by atoms with Gasteiger partial charge in [-0.3, -0.25) is 14.5 Å². The Balaban J connectivity index is 1.57. The van der Waals surface area contributed by atoms with Gasteiger partial charge in [0.15, 0.2) is 0 Å². The molecule has 1 fully saturated rings. The van der Waals surface area contributed by atoms with Crippen molar-refractivity contribution in [1.82, 2.24) is 10.2 Å². The van der Waals surface area contributed by atoms with Crippen molar-refractivity contribution in [1.29, 1.82) is 0 Å². The molecule has 144 valence electrons. The van der Waals surface area contributed by atoms with Crippen molar-refractivity contribution >= 4 is 28.8 Å². The van der Waals surface area contributed by atoms with E-state index in [1.54, 1.807) is 42.7 Å². The molecule has 1 aliphatic heterocycles. The van der Waals surface area contributed by atoms with Crippen molar-refractivity contribution in [3.05, 3.63) is 46.7 Å². The Kier molecular flexibility index (Phi) is 6.80. The Bertz CT molecular complexity index is 743. The zero-order valence-electron chi connectivity index (χ0n) is 15.1. The van der Waals surface area contributed by atoms with Crippen LogP contribution in [0.1, 0.15) is 11.6 Å². The van der Waals surface area contributed by atoms with Gasteiger partial charge in [-0.05, 0) is 46.7 Å². The Morgan fingerprint density at radius 3 is 2.56 bits per heavy atom. The second-order valence-corrected chi connectivity index (χ2v) is 6.89. The van der Waals surface area contributed by atoms with Crippen molar-refractivity contribution < 1.29 is 19.1 Å². The topological polar surface area (TPSA) is 79.9 Å². The number of hydrogen-bond acceptors (Lipinski definition) is 6. The lowest BCUT2D eigenvalue weighted by atomic mass is 10.1. The average Bonchev–Trinajstić information content (AvgIpc) is 3.24. The number of nitrogens with zero attached hydrogens (tertiary/aromatic N) is 1. The second kappa shape index (κ2) is 9.50. The van der Waals surface area contributed by atoms with E-state index < -0.39 is 11.8 Å². The number of anilines is 1. The van der Waals surface area contributed by atoms with Crippen LogP contribution in [0.2, 0.25) is 0 Å². The van der Waals surface area contributed by atoms with Crippen molar-refractivity contribution in [3.8, 4) is 5.75 Å². The van der Waals surface area contributed by atoms with Crippen LogP contribution in [0.5, 0.6) is 5.75 Å². The molecule has 2 heterocycles. The van der Waals surface area contributed by atoms with Crippen molar-refractivity contribution in [2.45, 2.75) is 6.04 Å². The van der Waals surface area contributed by atoms with Crippen LogP contribution in [0, 0.1) is 0 Å². The number of amides is 2. The molecule has 2 aromatic rings. The molecule has 0 unspecified atom stereocenters. The molecule has 1 aromatic carbocycles. The Morgan fingerprint density at radius 2 is 1.93 bits per heavy atom. The Hall–Kier alpha value is -2.42. The summed E-state index contributed by atoms with van der Waals surface area (Å²) in [6.45, 7) is 3.31. The van der Waals surface area contributed by atoms with Crippen LogP contribution in [0.4, 0.5) is 5.69 Å². The van der Waals surface area contributed by atoms with Gasteiger partial charge in [-0.1, -0.05) is 0 Å². The van der Waals surface area contributed by atoms with E-state index in [1.807, 2.05) is 11.4 Å². The van der Waals surface area contributed by atoms with Gasteiger partial charge >= 0.3 is 11.8 Å². The highest BCUT2D eigenvalue weighted by atomic mass is 32.1. The quantitative estimate of drug-likeness (QED) is 0.738. The summed E-state index contributed by atoms with van der Waals surface area (Å²) in [5, 5.41) is 9.44. The van der Waals surface area contributed by atoms with E-state index in [9.17, 15) is 9.59 Å². The monoisotopic (exact) mass is 389 g/mol. The van der Waals surface area contributed by atoms with Gasteiger partial charge in [-0.25, -0.2) is 0 Å². The van der Waals surface area contributed by atoms with E-state index in [1.165, 1.54) is 0 Å². The summed E-state index contributed by atoms with van der Waals surface area (Å²) in [6, 6.07) is 8.89. The first kappa shape index (κ1) is 19.3. The number of morpholine rings is 1. The summed E-state index contributed by atoms with van der Waals surface area (Å²) in [7, 11) is 1.57. The largest absolute Gasteiger partial charge is 0.497 e. The fourth-order valence-electron chi connectivity index (χ4n) is 2.94. The maximum atomic E-state index is 12.2. The fourth-order valence-corrected chi connectivity index (χ4v) is 3.65. The molecule has 0 saturated carbocycles. The molecule has 0 radical (unpaired) electrons. The molecule has 7 nitrogen and oxygen atoms in total. The van der Waals surface area contributed by atoms with Crippen molar-refractivity contribution in [2.75, 3.05) is 45.3 Å². The molecule has 27 heavy (non-hydrogen) atoms. The number of methoxy groups -OCH3 is 1. The summed E-state index contributed by atoms with van der Waals surface area (Å²) in [5.41, 5.74) is 1.68. The zero-order valence-corrected chi connectivity index (χ0v) is 16.0. The van der Waals surface area contributed by atoms with E-state index >= 15 is 0 Å². The van der Waals surface area contributed by atoms with Crippen LogP contribution < -0.4 is 15.4 Å². The molecule has 1 aromatic heterocycles. The van der Waals surface area contributed by atoms with Gasteiger partial charge in [0.1, 0.15) is 5.75 Å². The SMILES string of the molecule is COc1ccc(NC(=O)C(=O)NC[C@@H](c2ccsc2)N2CCOCC2)cc1. The Labute approximate surface area is 162 Å². The number of nitrogens with one attached hydrogen (secondary N) is 2. The molecule has 0 bridgehead atoms. The lowest BCUT2D eigenvalue weighted by Gasteiger charge is -2.34. The molecule has 1 saturated heterocycles. The summed E-state index contributed by atoms with van der Waals surface area (Å²) in [6.07, 6.45) is 0. The number of ether oxygens (including phenoxy) is 2. The molecule has 0 spiro atoms. The number of hydrogen-bond donors (Lipinski definition) is 2. The van der Waals surface area contributed by atoms with E-state index in [-0.39, 0.29) is 6.04 Å². The molecule has 0 aliphatic carbocycles. The smallest absolute Gasteiger partial charge is 0.313 e. The maximum Gasteiger partial charge on any atom is 0.313 e. The van der Waals surface area contributed by atoms with E-state index in [0.717, 1.165) is 18.7 Å². The van der Waals surface area contributed by atoms with Crippen molar-refractivity contribution in [2.24, 2.45) is 0 Å². The van der Waals surface area contributed by atoms with Gasteiger partial charge in [0.25, 0.3) is 0 Å². The van der Waals surface area contributed by atoms with Crippen LogP contribution >= 0.6 is 11.3 Å². The summed E-state index contributed by atoms with van der Waals surface area (Å²) >= 11 is 1.62. The van der Waals surface area contributed by atoms with Gasteiger partial charge in [0.05, 0.1) is 26.4 Å². The van der Waals surface area contributed by atoms with Crippen molar-refractivity contribution in [3.63, 3.8) is 0 Å². The average molecular weight is 389 g/mol. The van der Waals surface area contributed by atoms with Crippen LogP contribution in [0.3, 0.4) is 0 Å². The first-order valence-electron chi connectivity index (χ1n) is 8.74. The van der Waals surface area contributed by atoms with Crippen LogP contribution in [-0.4, -0.2) is 56.7 Å². The van der Waals surface area contributed by atoms with Crippen LogP contribution in [-0.2, 0) is 14.3 Å². The van der Waals surface area contributed by atoms with Gasteiger partial charge in [0, 0.05) is 25.3 Å². The third-order valence-corrected chi connectivity index (χ3v) is 5.13. The number of benzene rings is 1. The van der Waals surface area contributed by atoms with E-state index in [4.69, 9.17) is 9.47 Å². The van der Waals surface area contributed by atoms with Gasteiger partial charge in [0.2, 0.25) is 0 Å². The molecule has 3 rings (SSSR count). The minimum atomic E-state index is -0.689. The standard InChI is InChI=1S/C19H23N3O4S/c1-25-16-4-2-15(3-5-16)21-19(24)18(23)20-12-17(14-6-11-27-13-14)22-7-9-26-10-8-22/h2-6,11,13,17H,7-10,12H2,1H3,(H,20,23)(H,21,24)/t17-/m0/s1. The van der Waals surface area contributed by atoms with Gasteiger partial charge < -0.3 is 20.1 Å². The van der Waals surface area contributed by atoms with Gasteiger partial charge in [-0.15, -0.1) is 0 Å². The number of carbonyl (C=O) groups excluding carboxylic acids is 2. The summed E-state index contributed by atoms with van der Waals surface area (Å²) < 4.78 is 10.5. The molecule has 1 aliphatic rings. The molecule has 2 amide bonds. The molecule has 1 atom stereocenters. The highest BCUT2D eigenvalue weighted by molar-refractivity contribution is 7.08. The van der Waals surface area contributed by atoms with Crippen LogP contribution in [0.15, 0.2) is 41.1 Å². The molecule has 8 heteroatoms. The molecular weight excluding hydrogens is 366 g/mol. The number of rotatable bonds is 6. The molecular formula is C19H23N3O4S. The predicted octanol–water partition coefficient (Wildman–Crippen LogP) is 1.88. The third kappa shape index (κ3) is 5.29. The van der Waals surface area contributed by atoms with Gasteiger partial charge in [-0.2, -0.15) is 11.3 Å². The van der Waals surface area contributed by atoms with E-state index in [2.05, 4.69) is 20.9 Å². The lowest BCUT2D eigenvalue weighted by Crippen LogP contribution is -2.45. The normalized spacial score (nSPS) is 15.7. The second-order valence-electron chi connectivity index (χ2n) is 6.11. The zero-order chi connectivity index (χ0) is 19.1. The first-order valence-corrected chi connectivity index (χ1v) is 9.69. The minimum Gasteiger partial charge on any atom is -0.497 e. The van der Waals surface area contributed by atoms with E-state index in [0.29, 0.717) is 31.2 Å². The first-order chi connectivity index (χ1) is 13.2. The lowest BCUT2D eigenvalue weighted by molar-refractivity contribution is -0.136. The highest BCUT2D eigenvalue weighted by Crippen LogP contribution is 2.23. The fraction of sp³-hybridized carbons (Fsp3) is 0.368. The highest BCUT2D eigenvalue weighted by Gasteiger charge is 2.24. The summed E-state index contributed by atoms with van der Waals surface area (Å²) in [5.74, 6) is -0.660. The predicted molar refractivity (Wildman–Crippen MR) is 104 cm³/mol. The Morgan fingerprint density at radius 1 is 1.19 bits per heavy atom. The summed E-state index contributed by atoms with van der Waals surface area (Å²) in [4.78, 5) is 26.7. The third-order valence-electron chi connectivity index (χ3n) is 4.42. The van der Waals surface area contributed by atoms with Crippen LogP contribution in [0.25, 0.3) is 0 Å². The molecule has 2 N–H and O–H groups in total. The maximum absolute atomic E-state index is 12.2. The minimum absolute atomic E-state index is 0.0258. The number of thiophene rings is 1. The number of carbonyl (C=O) groups is 2.